The summed E-state index contributed by atoms with van der Waals surface area (Å²) in [5.41, 5.74) is 12.6. The quantitative estimate of drug-likeness (QED) is 0.272. The van der Waals surface area contributed by atoms with E-state index < -0.39 is 0 Å². The first-order chi connectivity index (χ1) is 13.0. The normalized spacial score (nSPS) is 10.9. The van der Waals surface area contributed by atoms with Gasteiger partial charge in [0, 0.05) is 20.1 Å². The number of nitrogens with zero attached hydrogens (tertiary/aromatic N) is 2. The number of rotatable bonds is 4. The highest BCUT2D eigenvalue weighted by Crippen LogP contribution is 2.34. The molecule has 4 rings (SSSR count). The van der Waals surface area contributed by atoms with Crippen LogP contribution in [0.4, 0.5) is 16.5 Å². The van der Waals surface area contributed by atoms with Gasteiger partial charge < -0.3 is 15.6 Å². The third-order valence-electron chi connectivity index (χ3n) is 4.26. The number of hydrogen-bond acceptors (Lipinski definition) is 6. The van der Waals surface area contributed by atoms with Crippen molar-refractivity contribution >= 4 is 50.4 Å². The Morgan fingerprint density at radius 1 is 1.07 bits per heavy atom. The number of aromatic nitrogens is 2. The molecule has 136 valence electrons. The predicted octanol–water partition coefficient (Wildman–Crippen LogP) is 6.01. The van der Waals surface area contributed by atoms with E-state index in [0.29, 0.717) is 5.69 Å². The Morgan fingerprint density at radius 3 is 2.48 bits per heavy atom. The highest BCUT2D eigenvalue weighted by atomic mass is 127. The molecule has 0 saturated carbocycles. The van der Waals surface area contributed by atoms with Crippen LogP contribution in [0.25, 0.3) is 22.4 Å². The number of benzene rings is 2. The van der Waals surface area contributed by atoms with E-state index in [4.69, 9.17) is 10.3 Å². The van der Waals surface area contributed by atoms with Crippen LogP contribution >= 0.6 is 33.9 Å². The smallest absolute Gasteiger partial charge is 0.187 e. The molecule has 0 aliphatic heterocycles. The van der Waals surface area contributed by atoms with Crippen LogP contribution in [-0.4, -0.2) is 10.1 Å². The Morgan fingerprint density at radius 2 is 1.81 bits per heavy atom. The van der Waals surface area contributed by atoms with Crippen molar-refractivity contribution in [1.29, 1.82) is 0 Å². The van der Waals surface area contributed by atoms with Crippen LogP contribution in [0.5, 0.6) is 0 Å². The van der Waals surface area contributed by atoms with Crippen molar-refractivity contribution in [3.63, 3.8) is 0 Å². The second kappa shape index (κ2) is 7.32. The molecule has 2 aromatic heterocycles. The fourth-order valence-electron chi connectivity index (χ4n) is 2.93. The minimum Gasteiger partial charge on any atom is -0.397 e. The number of aryl methyl sites for hydroxylation is 2. The Labute approximate surface area is 174 Å². The minimum atomic E-state index is 0.651. The Balaban J connectivity index is 1.58. The van der Waals surface area contributed by atoms with E-state index in [0.717, 1.165) is 44.7 Å². The molecule has 0 spiro atoms. The zero-order valence-corrected chi connectivity index (χ0v) is 17.8. The summed E-state index contributed by atoms with van der Waals surface area (Å²) < 4.78 is 6.46. The molecule has 27 heavy (non-hydrogen) atoms. The first-order valence-electron chi connectivity index (χ1n) is 8.32. The molecule has 7 heteroatoms. The van der Waals surface area contributed by atoms with Crippen molar-refractivity contribution in [3.8, 4) is 22.4 Å². The molecule has 0 fully saturated rings. The third kappa shape index (κ3) is 3.70. The van der Waals surface area contributed by atoms with Gasteiger partial charge in [-0.15, -0.1) is 11.3 Å². The number of anilines is 3. The lowest BCUT2D eigenvalue weighted by molar-refractivity contribution is 0.393. The Kier molecular flexibility index (Phi) is 4.88. The molecule has 2 heterocycles. The third-order valence-corrected chi connectivity index (χ3v) is 5.74. The van der Waals surface area contributed by atoms with Crippen molar-refractivity contribution in [3.05, 3.63) is 62.9 Å². The van der Waals surface area contributed by atoms with Gasteiger partial charge in [-0.05, 0) is 66.3 Å². The first-order valence-corrected chi connectivity index (χ1v) is 10.3. The Bertz CT molecular complexity index is 1080. The zero-order chi connectivity index (χ0) is 19.0. The number of hydrogen-bond donors (Lipinski definition) is 2. The number of nitrogen functional groups attached to an aromatic ring is 1. The van der Waals surface area contributed by atoms with E-state index in [1.54, 1.807) is 11.3 Å². The van der Waals surface area contributed by atoms with Gasteiger partial charge in [-0.25, -0.2) is 4.98 Å². The number of halogens is 1. The van der Waals surface area contributed by atoms with Crippen molar-refractivity contribution in [2.75, 3.05) is 11.1 Å². The van der Waals surface area contributed by atoms with Gasteiger partial charge in [0.2, 0.25) is 0 Å². The summed E-state index contributed by atoms with van der Waals surface area (Å²) >= 11 is 3.85. The summed E-state index contributed by atoms with van der Waals surface area (Å²) in [6, 6.07) is 14.2. The maximum atomic E-state index is 6.27. The van der Waals surface area contributed by atoms with Gasteiger partial charge in [-0.1, -0.05) is 23.4 Å². The fourth-order valence-corrected chi connectivity index (χ4v) is 4.02. The lowest BCUT2D eigenvalue weighted by Gasteiger charge is -2.09. The molecule has 0 radical (unpaired) electrons. The predicted molar refractivity (Wildman–Crippen MR) is 119 cm³/mol. The van der Waals surface area contributed by atoms with Crippen molar-refractivity contribution < 1.29 is 4.52 Å². The molecule has 0 saturated heterocycles. The van der Waals surface area contributed by atoms with Crippen LogP contribution in [0.2, 0.25) is 0 Å². The lowest BCUT2D eigenvalue weighted by atomic mass is 10.0. The molecule has 0 atom stereocenters. The summed E-state index contributed by atoms with van der Waals surface area (Å²) in [7, 11) is 0. The van der Waals surface area contributed by atoms with Crippen LogP contribution < -0.4 is 11.1 Å². The Hall–Kier alpha value is -2.39. The van der Waals surface area contributed by atoms with E-state index in [1.807, 2.05) is 37.4 Å². The highest BCUT2D eigenvalue weighted by Gasteiger charge is 2.13. The summed E-state index contributed by atoms with van der Waals surface area (Å²) in [6.07, 6.45) is 0. The second-order valence-electron chi connectivity index (χ2n) is 6.17. The van der Waals surface area contributed by atoms with Gasteiger partial charge in [-0.2, -0.15) is 0 Å². The minimum absolute atomic E-state index is 0.651. The van der Waals surface area contributed by atoms with Crippen LogP contribution in [0.1, 0.15) is 11.5 Å². The molecule has 4 aromatic rings. The largest absolute Gasteiger partial charge is 0.397 e. The topological polar surface area (TPSA) is 77.0 Å². The molecule has 5 nitrogen and oxygen atoms in total. The van der Waals surface area contributed by atoms with Gasteiger partial charge in [-0.3, -0.25) is 0 Å². The zero-order valence-electron chi connectivity index (χ0n) is 14.8. The highest BCUT2D eigenvalue weighted by molar-refractivity contribution is 14.1. The summed E-state index contributed by atoms with van der Waals surface area (Å²) in [4.78, 5) is 4.67. The van der Waals surface area contributed by atoms with Crippen LogP contribution in [-0.2, 0) is 0 Å². The standard InChI is InChI=1S/C20H17IN4OS/c1-11-19(12(2)26-25-11)14-5-8-17(16(22)9-14)23-20-24-18(10-27-20)13-3-6-15(21)7-4-13/h3-10H,22H2,1-2H3,(H,23,24). The summed E-state index contributed by atoms with van der Waals surface area (Å²) in [6.45, 7) is 3.83. The molecule has 0 aliphatic carbocycles. The molecule has 0 bridgehead atoms. The van der Waals surface area contributed by atoms with Gasteiger partial charge in [0.05, 0.1) is 22.8 Å². The van der Waals surface area contributed by atoms with E-state index in [1.165, 1.54) is 3.57 Å². The van der Waals surface area contributed by atoms with Crippen LogP contribution in [0.15, 0.2) is 52.4 Å². The maximum absolute atomic E-state index is 6.27. The molecule has 2 aromatic carbocycles. The van der Waals surface area contributed by atoms with Crippen molar-refractivity contribution in [2.24, 2.45) is 0 Å². The first kappa shape index (κ1) is 18.0. The average Bonchev–Trinajstić information content (AvgIpc) is 3.24. The second-order valence-corrected chi connectivity index (χ2v) is 8.27. The number of nitrogens with one attached hydrogen (secondary N) is 1. The van der Waals surface area contributed by atoms with E-state index in [-0.39, 0.29) is 0 Å². The lowest BCUT2D eigenvalue weighted by Crippen LogP contribution is -1.97. The molecular formula is C20H17IN4OS. The number of nitrogens with two attached hydrogens (primary N) is 1. The van der Waals surface area contributed by atoms with Gasteiger partial charge >= 0.3 is 0 Å². The SMILES string of the molecule is Cc1noc(C)c1-c1ccc(Nc2nc(-c3ccc(I)cc3)cs2)c(N)c1. The molecule has 0 aliphatic rings. The molecule has 0 amide bonds. The summed E-state index contributed by atoms with van der Waals surface area (Å²) in [5, 5.41) is 10.2. The average molecular weight is 488 g/mol. The van der Waals surface area contributed by atoms with Crippen LogP contribution in [0, 0.1) is 17.4 Å². The van der Waals surface area contributed by atoms with E-state index in [9.17, 15) is 0 Å². The van der Waals surface area contributed by atoms with E-state index >= 15 is 0 Å². The van der Waals surface area contributed by atoms with Gasteiger partial charge in [0.25, 0.3) is 0 Å². The summed E-state index contributed by atoms with van der Waals surface area (Å²) in [5.74, 6) is 0.787. The monoisotopic (exact) mass is 488 g/mol. The van der Waals surface area contributed by atoms with Crippen molar-refractivity contribution in [1.82, 2.24) is 10.1 Å². The van der Waals surface area contributed by atoms with Gasteiger partial charge in [0.1, 0.15) is 5.76 Å². The van der Waals surface area contributed by atoms with Gasteiger partial charge in [0.15, 0.2) is 5.13 Å². The number of thiazole rings is 1. The van der Waals surface area contributed by atoms with Crippen molar-refractivity contribution in [2.45, 2.75) is 13.8 Å². The van der Waals surface area contributed by atoms with E-state index in [2.05, 4.69) is 62.3 Å². The molecule has 0 unspecified atom stereocenters. The fraction of sp³-hybridized carbons (Fsp3) is 0.100. The maximum Gasteiger partial charge on any atom is 0.187 e. The molecule has 3 N–H and O–H groups in total. The molecular weight excluding hydrogens is 471 g/mol. The van der Waals surface area contributed by atoms with Crippen LogP contribution in [0.3, 0.4) is 0 Å².